The third-order valence-corrected chi connectivity index (χ3v) is 7.25. The number of nitrogens with one attached hydrogen (secondary N) is 4. The van der Waals surface area contributed by atoms with Crippen molar-refractivity contribution < 1.29 is 33.1 Å². The topological polar surface area (TPSA) is 161 Å². The number of amides is 4. The number of rotatable bonds is 6. The van der Waals surface area contributed by atoms with Gasteiger partial charge in [-0.25, -0.2) is 4.98 Å². The Morgan fingerprint density at radius 2 is 1.59 bits per heavy atom. The number of oxazole rings is 1. The van der Waals surface area contributed by atoms with Crippen LogP contribution in [0.5, 0.6) is 17.2 Å². The zero-order chi connectivity index (χ0) is 31.8. The molecule has 44 heavy (non-hydrogen) atoms. The normalized spacial score (nSPS) is 19.9. The molecular formula is C32H39N5O7. The van der Waals surface area contributed by atoms with Gasteiger partial charge in [-0.1, -0.05) is 13.8 Å². The van der Waals surface area contributed by atoms with E-state index in [1.807, 2.05) is 13.8 Å². The molecule has 2 heterocycles. The molecule has 0 unspecified atom stereocenters. The van der Waals surface area contributed by atoms with Crippen molar-refractivity contribution in [3.63, 3.8) is 0 Å². The zero-order valence-corrected chi connectivity index (χ0v) is 25.6. The Balaban J connectivity index is 1.51. The van der Waals surface area contributed by atoms with Gasteiger partial charge in [-0.2, -0.15) is 0 Å². The summed E-state index contributed by atoms with van der Waals surface area (Å²) in [7, 11) is 1.59. The maximum Gasteiger partial charge on any atom is 0.274 e. The van der Waals surface area contributed by atoms with Gasteiger partial charge in [0.1, 0.15) is 41.1 Å². The first-order valence-corrected chi connectivity index (χ1v) is 14.6. The van der Waals surface area contributed by atoms with Crippen molar-refractivity contribution in [1.82, 2.24) is 26.3 Å². The molecule has 1 aliphatic rings. The van der Waals surface area contributed by atoms with E-state index in [0.717, 1.165) is 0 Å². The predicted molar refractivity (Wildman–Crippen MR) is 162 cm³/mol. The lowest BCUT2D eigenvalue weighted by Gasteiger charge is -2.24. The highest BCUT2D eigenvalue weighted by atomic mass is 16.5. The fraction of sp³-hybridized carbons (Fsp3) is 0.406. The van der Waals surface area contributed by atoms with Gasteiger partial charge < -0.3 is 35.2 Å². The standard InChI is InChI=1S/C32H39N5O7/c1-18(2)26-32-37-27(20(4)43-32)31(41)34-19(3)28(38)33-17-7-6-8-25(30(40)36-26)35-29(39)21-9-11-23(12-10-21)44-24-15-13-22(42-5)14-16-24/h9-16,18-19,25-26H,6-8,17H2,1-5H3,(H,33,38)(H,34,41)(H,35,39)(H,36,40)/t19-,25+,26+/m1/s1. The van der Waals surface area contributed by atoms with Crippen LogP contribution in [0.2, 0.25) is 0 Å². The van der Waals surface area contributed by atoms with Gasteiger partial charge in [0, 0.05) is 12.1 Å². The molecule has 0 saturated carbocycles. The summed E-state index contributed by atoms with van der Waals surface area (Å²) in [5, 5.41) is 11.2. The number of benzene rings is 2. The van der Waals surface area contributed by atoms with Crippen molar-refractivity contribution in [2.75, 3.05) is 13.7 Å². The van der Waals surface area contributed by atoms with Crippen LogP contribution in [0.3, 0.4) is 0 Å². The molecule has 0 aliphatic carbocycles. The van der Waals surface area contributed by atoms with Crippen LogP contribution in [0.15, 0.2) is 52.9 Å². The molecule has 234 valence electrons. The lowest BCUT2D eigenvalue weighted by molar-refractivity contribution is -0.124. The number of carbonyl (C=O) groups excluding carboxylic acids is 4. The van der Waals surface area contributed by atoms with E-state index in [1.165, 1.54) is 0 Å². The maximum absolute atomic E-state index is 13.6. The Labute approximate surface area is 256 Å². The lowest BCUT2D eigenvalue weighted by Crippen LogP contribution is -2.48. The number of hydrogen-bond donors (Lipinski definition) is 4. The summed E-state index contributed by atoms with van der Waals surface area (Å²) < 4.78 is 16.8. The molecule has 2 aromatic carbocycles. The molecule has 1 aliphatic heterocycles. The van der Waals surface area contributed by atoms with E-state index in [4.69, 9.17) is 13.9 Å². The van der Waals surface area contributed by atoms with Crippen LogP contribution in [0.25, 0.3) is 0 Å². The highest BCUT2D eigenvalue weighted by Crippen LogP contribution is 2.26. The van der Waals surface area contributed by atoms with Crippen molar-refractivity contribution >= 4 is 23.6 Å². The summed E-state index contributed by atoms with van der Waals surface area (Å²) in [6.07, 6.45) is 1.44. The third-order valence-electron chi connectivity index (χ3n) is 7.25. The van der Waals surface area contributed by atoms with E-state index in [0.29, 0.717) is 48.6 Å². The monoisotopic (exact) mass is 605 g/mol. The highest BCUT2D eigenvalue weighted by molar-refractivity contribution is 5.98. The van der Waals surface area contributed by atoms with Crippen molar-refractivity contribution in [1.29, 1.82) is 0 Å². The first-order valence-electron chi connectivity index (χ1n) is 14.6. The molecule has 4 N–H and O–H groups in total. The van der Waals surface area contributed by atoms with Gasteiger partial charge in [-0.3, -0.25) is 19.2 Å². The average molecular weight is 606 g/mol. The number of fused-ring (bicyclic) bond motifs is 2. The van der Waals surface area contributed by atoms with Gasteiger partial charge in [0.25, 0.3) is 11.8 Å². The molecule has 1 aromatic heterocycles. The maximum atomic E-state index is 13.6. The molecule has 3 atom stereocenters. The number of hydrogen-bond acceptors (Lipinski definition) is 8. The SMILES string of the molecule is COc1ccc(Oc2ccc(C(=O)N[C@H]3CCCCNC(=O)[C@@H](C)NC(=O)c4nc(oc4C)[C@H](C(C)C)NC3=O)cc2)cc1. The van der Waals surface area contributed by atoms with Crippen LogP contribution < -0.4 is 30.7 Å². The molecule has 12 heteroatoms. The summed E-state index contributed by atoms with van der Waals surface area (Å²) in [6, 6.07) is 11.4. The van der Waals surface area contributed by atoms with Crippen LogP contribution in [0.1, 0.15) is 78.6 Å². The average Bonchev–Trinajstić information content (AvgIpc) is 3.39. The van der Waals surface area contributed by atoms with E-state index < -0.39 is 35.8 Å². The summed E-state index contributed by atoms with van der Waals surface area (Å²) in [5.41, 5.74) is 0.392. The summed E-state index contributed by atoms with van der Waals surface area (Å²) in [5.74, 6) is 0.421. The zero-order valence-electron chi connectivity index (χ0n) is 25.6. The smallest absolute Gasteiger partial charge is 0.274 e. The molecule has 3 aromatic rings. The van der Waals surface area contributed by atoms with Crippen molar-refractivity contribution in [3.05, 3.63) is 71.4 Å². The molecule has 2 bridgehead atoms. The second-order valence-corrected chi connectivity index (χ2v) is 11.0. The fourth-order valence-electron chi connectivity index (χ4n) is 4.66. The van der Waals surface area contributed by atoms with Crippen LogP contribution in [-0.4, -0.2) is 54.4 Å². The largest absolute Gasteiger partial charge is 0.497 e. The molecule has 4 amide bonds. The van der Waals surface area contributed by atoms with Crippen LogP contribution in [0, 0.1) is 12.8 Å². The third kappa shape index (κ3) is 8.15. The minimum Gasteiger partial charge on any atom is -0.497 e. The second kappa shape index (κ2) is 14.5. The van der Waals surface area contributed by atoms with E-state index in [9.17, 15) is 19.2 Å². The van der Waals surface area contributed by atoms with Gasteiger partial charge in [0.05, 0.1) is 7.11 Å². The van der Waals surface area contributed by atoms with Gasteiger partial charge in [-0.15, -0.1) is 0 Å². The summed E-state index contributed by atoms with van der Waals surface area (Å²) in [4.78, 5) is 56.5. The fourth-order valence-corrected chi connectivity index (χ4v) is 4.66. The second-order valence-electron chi connectivity index (χ2n) is 11.0. The molecule has 0 radical (unpaired) electrons. The van der Waals surface area contributed by atoms with Crippen LogP contribution in [0.4, 0.5) is 0 Å². The Hall–Kier alpha value is -4.87. The van der Waals surface area contributed by atoms with Crippen molar-refractivity contribution in [3.8, 4) is 17.2 Å². The van der Waals surface area contributed by atoms with Crippen molar-refractivity contribution in [2.45, 2.75) is 65.1 Å². The predicted octanol–water partition coefficient (Wildman–Crippen LogP) is 3.81. The highest BCUT2D eigenvalue weighted by Gasteiger charge is 2.31. The van der Waals surface area contributed by atoms with Gasteiger partial charge in [-0.05, 0) is 87.6 Å². The molecular weight excluding hydrogens is 566 g/mol. The van der Waals surface area contributed by atoms with Gasteiger partial charge in [0.15, 0.2) is 5.69 Å². The Bertz CT molecular complexity index is 1470. The Morgan fingerprint density at radius 1 is 0.955 bits per heavy atom. The van der Waals surface area contributed by atoms with Gasteiger partial charge in [0.2, 0.25) is 17.7 Å². The number of nitrogens with zero attached hydrogens (tertiary/aromatic N) is 1. The van der Waals surface area contributed by atoms with E-state index >= 15 is 0 Å². The minimum absolute atomic E-state index is 0.0379. The number of aryl methyl sites for hydroxylation is 1. The Kier molecular flexibility index (Phi) is 10.6. The quantitative estimate of drug-likeness (QED) is 0.330. The molecule has 0 saturated heterocycles. The first kappa shape index (κ1) is 32.1. The summed E-state index contributed by atoms with van der Waals surface area (Å²) in [6.45, 7) is 7.31. The number of ether oxygens (including phenoxy) is 2. The Morgan fingerprint density at radius 3 is 2.23 bits per heavy atom. The summed E-state index contributed by atoms with van der Waals surface area (Å²) >= 11 is 0. The first-order chi connectivity index (χ1) is 21.0. The van der Waals surface area contributed by atoms with E-state index in [2.05, 4.69) is 26.3 Å². The van der Waals surface area contributed by atoms with Gasteiger partial charge >= 0.3 is 0 Å². The van der Waals surface area contributed by atoms with Crippen LogP contribution in [-0.2, 0) is 9.59 Å². The molecule has 0 spiro atoms. The van der Waals surface area contributed by atoms with E-state index in [1.54, 1.807) is 69.5 Å². The number of methoxy groups -OCH3 is 1. The molecule has 4 rings (SSSR count). The molecule has 0 fully saturated rings. The van der Waals surface area contributed by atoms with Crippen LogP contribution >= 0.6 is 0 Å². The lowest BCUT2D eigenvalue weighted by atomic mass is 10.0. The number of aromatic nitrogens is 1. The van der Waals surface area contributed by atoms with Crippen molar-refractivity contribution in [2.24, 2.45) is 5.92 Å². The molecule has 12 nitrogen and oxygen atoms in total. The minimum atomic E-state index is -0.875. The van der Waals surface area contributed by atoms with E-state index in [-0.39, 0.29) is 29.2 Å². The number of carbonyl (C=O) groups is 4.